The third-order valence-corrected chi connectivity index (χ3v) is 3.91. The number of rotatable bonds is 8. The molecule has 1 N–H and O–H groups in total. The lowest BCUT2D eigenvalue weighted by Crippen LogP contribution is -2.34. The SMILES string of the molecule is CCNC(CCN(C)C)Cc1cc(OC)ccc1Br. The maximum absolute atomic E-state index is 5.30. The van der Waals surface area contributed by atoms with Crippen LogP contribution in [0.2, 0.25) is 0 Å². The first-order chi connectivity index (χ1) is 9.06. The summed E-state index contributed by atoms with van der Waals surface area (Å²) in [6, 6.07) is 6.65. The average Bonchev–Trinajstić information content (AvgIpc) is 2.38. The second-order valence-electron chi connectivity index (χ2n) is 5.01. The van der Waals surface area contributed by atoms with Crippen molar-refractivity contribution in [2.75, 3.05) is 34.3 Å². The fraction of sp³-hybridized carbons (Fsp3) is 0.600. The second kappa shape index (κ2) is 8.56. The van der Waals surface area contributed by atoms with Gasteiger partial charge in [-0.2, -0.15) is 0 Å². The zero-order valence-electron chi connectivity index (χ0n) is 12.4. The minimum atomic E-state index is 0.496. The maximum Gasteiger partial charge on any atom is 0.119 e. The highest BCUT2D eigenvalue weighted by Crippen LogP contribution is 2.24. The molecule has 19 heavy (non-hydrogen) atoms. The number of halogens is 1. The molecule has 1 atom stereocenters. The van der Waals surface area contributed by atoms with Gasteiger partial charge in [0, 0.05) is 10.5 Å². The van der Waals surface area contributed by atoms with Crippen LogP contribution in [-0.2, 0) is 6.42 Å². The summed E-state index contributed by atoms with van der Waals surface area (Å²) in [7, 11) is 5.94. The number of likely N-dealkylation sites (N-methyl/N-ethyl adjacent to an activating group) is 1. The topological polar surface area (TPSA) is 24.5 Å². The van der Waals surface area contributed by atoms with Crippen molar-refractivity contribution in [3.05, 3.63) is 28.2 Å². The highest BCUT2D eigenvalue weighted by atomic mass is 79.9. The Balaban J connectivity index is 2.71. The molecule has 0 aliphatic rings. The molecule has 0 spiro atoms. The van der Waals surface area contributed by atoms with Gasteiger partial charge >= 0.3 is 0 Å². The van der Waals surface area contributed by atoms with Crippen molar-refractivity contribution in [2.24, 2.45) is 0 Å². The van der Waals surface area contributed by atoms with Gasteiger partial charge in [-0.1, -0.05) is 22.9 Å². The van der Waals surface area contributed by atoms with Crippen LogP contribution >= 0.6 is 15.9 Å². The molecule has 1 aromatic rings. The monoisotopic (exact) mass is 328 g/mol. The summed E-state index contributed by atoms with van der Waals surface area (Å²) >= 11 is 3.63. The smallest absolute Gasteiger partial charge is 0.119 e. The average molecular weight is 329 g/mol. The Morgan fingerprint density at radius 2 is 2.11 bits per heavy atom. The van der Waals surface area contributed by atoms with Crippen molar-refractivity contribution in [3.8, 4) is 5.75 Å². The number of methoxy groups -OCH3 is 1. The molecule has 4 heteroatoms. The Labute approximate surface area is 125 Å². The molecule has 0 aromatic heterocycles. The van der Waals surface area contributed by atoms with Crippen molar-refractivity contribution < 1.29 is 4.74 Å². The van der Waals surface area contributed by atoms with Gasteiger partial charge in [-0.15, -0.1) is 0 Å². The largest absolute Gasteiger partial charge is 0.497 e. The normalized spacial score (nSPS) is 12.7. The molecule has 0 radical (unpaired) electrons. The van der Waals surface area contributed by atoms with E-state index < -0.39 is 0 Å². The molecule has 0 amide bonds. The summed E-state index contributed by atoms with van der Waals surface area (Å²) < 4.78 is 6.45. The fourth-order valence-electron chi connectivity index (χ4n) is 2.08. The highest BCUT2D eigenvalue weighted by molar-refractivity contribution is 9.10. The maximum atomic E-state index is 5.30. The number of ether oxygens (including phenoxy) is 1. The molecule has 108 valence electrons. The molecule has 0 saturated heterocycles. The summed E-state index contributed by atoms with van der Waals surface area (Å²) in [4.78, 5) is 2.23. The summed E-state index contributed by atoms with van der Waals surface area (Å²) in [5.74, 6) is 0.918. The van der Waals surface area contributed by atoms with Crippen LogP contribution in [0.25, 0.3) is 0 Å². The van der Waals surface area contributed by atoms with Gasteiger partial charge in [0.1, 0.15) is 5.75 Å². The Morgan fingerprint density at radius 1 is 1.37 bits per heavy atom. The van der Waals surface area contributed by atoms with E-state index in [0.29, 0.717) is 6.04 Å². The molecule has 0 bridgehead atoms. The van der Waals surface area contributed by atoms with E-state index in [0.717, 1.165) is 36.2 Å². The summed E-state index contributed by atoms with van der Waals surface area (Å²) in [5, 5.41) is 3.56. The molecular weight excluding hydrogens is 304 g/mol. The number of nitrogens with one attached hydrogen (secondary N) is 1. The van der Waals surface area contributed by atoms with E-state index in [1.165, 1.54) is 5.56 Å². The molecular formula is C15H25BrN2O. The number of hydrogen-bond acceptors (Lipinski definition) is 3. The summed E-state index contributed by atoms with van der Waals surface area (Å²) in [6.45, 7) is 4.25. The van der Waals surface area contributed by atoms with E-state index in [2.05, 4.69) is 59.3 Å². The van der Waals surface area contributed by atoms with Gasteiger partial charge < -0.3 is 15.0 Å². The Hall–Kier alpha value is -0.580. The van der Waals surface area contributed by atoms with Crippen LogP contribution in [0.4, 0.5) is 0 Å². The summed E-state index contributed by atoms with van der Waals surface area (Å²) in [5.41, 5.74) is 1.30. The van der Waals surface area contributed by atoms with Crippen LogP contribution in [0.1, 0.15) is 18.9 Å². The van der Waals surface area contributed by atoms with Crippen molar-refractivity contribution in [1.29, 1.82) is 0 Å². The van der Waals surface area contributed by atoms with Crippen molar-refractivity contribution in [1.82, 2.24) is 10.2 Å². The zero-order chi connectivity index (χ0) is 14.3. The van der Waals surface area contributed by atoms with Crippen LogP contribution in [0.15, 0.2) is 22.7 Å². The molecule has 1 aromatic carbocycles. The van der Waals surface area contributed by atoms with E-state index in [-0.39, 0.29) is 0 Å². The second-order valence-corrected chi connectivity index (χ2v) is 5.86. The first-order valence-electron chi connectivity index (χ1n) is 6.77. The molecule has 1 unspecified atom stereocenters. The third-order valence-electron chi connectivity index (χ3n) is 3.14. The lowest BCUT2D eigenvalue weighted by atomic mass is 10.0. The molecule has 0 heterocycles. The van der Waals surface area contributed by atoms with Crippen molar-refractivity contribution in [3.63, 3.8) is 0 Å². The van der Waals surface area contributed by atoms with Gasteiger partial charge in [-0.05, 0) is 63.8 Å². The van der Waals surface area contributed by atoms with Crippen LogP contribution in [0, 0.1) is 0 Å². The Kier molecular flexibility index (Phi) is 7.42. The first-order valence-corrected chi connectivity index (χ1v) is 7.56. The van der Waals surface area contributed by atoms with Gasteiger partial charge in [-0.3, -0.25) is 0 Å². The van der Waals surface area contributed by atoms with Crippen LogP contribution < -0.4 is 10.1 Å². The van der Waals surface area contributed by atoms with Gasteiger partial charge in [0.05, 0.1) is 7.11 Å². The fourth-order valence-corrected chi connectivity index (χ4v) is 2.49. The van der Waals surface area contributed by atoms with Gasteiger partial charge in [0.25, 0.3) is 0 Å². The van der Waals surface area contributed by atoms with Crippen LogP contribution in [0.3, 0.4) is 0 Å². The quantitative estimate of drug-likeness (QED) is 0.794. The minimum absolute atomic E-state index is 0.496. The predicted octanol–water partition coefficient (Wildman–Crippen LogP) is 2.93. The van der Waals surface area contributed by atoms with Crippen molar-refractivity contribution >= 4 is 15.9 Å². The Morgan fingerprint density at radius 3 is 2.68 bits per heavy atom. The van der Waals surface area contributed by atoms with E-state index in [1.807, 2.05) is 6.07 Å². The molecule has 1 rings (SSSR count). The van der Waals surface area contributed by atoms with E-state index in [9.17, 15) is 0 Å². The lowest BCUT2D eigenvalue weighted by molar-refractivity contribution is 0.358. The van der Waals surface area contributed by atoms with Crippen LogP contribution in [0.5, 0.6) is 5.75 Å². The Bertz CT molecular complexity index is 382. The number of benzene rings is 1. The van der Waals surface area contributed by atoms with E-state index >= 15 is 0 Å². The van der Waals surface area contributed by atoms with Gasteiger partial charge in [0.2, 0.25) is 0 Å². The highest BCUT2D eigenvalue weighted by Gasteiger charge is 2.11. The molecule has 0 aliphatic carbocycles. The first kappa shape index (κ1) is 16.5. The van der Waals surface area contributed by atoms with Crippen molar-refractivity contribution in [2.45, 2.75) is 25.8 Å². The lowest BCUT2D eigenvalue weighted by Gasteiger charge is -2.21. The molecule has 0 fully saturated rings. The molecule has 0 aliphatic heterocycles. The predicted molar refractivity (Wildman–Crippen MR) is 85.0 cm³/mol. The number of nitrogens with zero attached hydrogens (tertiary/aromatic N) is 1. The van der Waals surface area contributed by atoms with E-state index in [4.69, 9.17) is 4.74 Å². The molecule has 3 nitrogen and oxygen atoms in total. The van der Waals surface area contributed by atoms with Gasteiger partial charge in [-0.25, -0.2) is 0 Å². The van der Waals surface area contributed by atoms with E-state index in [1.54, 1.807) is 7.11 Å². The van der Waals surface area contributed by atoms with Gasteiger partial charge in [0.15, 0.2) is 0 Å². The number of hydrogen-bond donors (Lipinski definition) is 1. The minimum Gasteiger partial charge on any atom is -0.497 e. The van der Waals surface area contributed by atoms with Crippen LogP contribution in [-0.4, -0.2) is 45.2 Å². The summed E-state index contributed by atoms with van der Waals surface area (Å²) in [6.07, 6.45) is 2.16. The third kappa shape index (κ3) is 5.93. The standard InChI is InChI=1S/C15H25BrN2O/c1-5-17-13(8-9-18(2)3)10-12-11-14(19-4)6-7-15(12)16/h6-7,11,13,17H,5,8-10H2,1-4H3. The molecule has 0 saturated carbocycles. The zero-order valence-corrected chi connectivity index (χ0v) is 14.0.